The van der Waals surface area contributed by atoms with Crippen LogP contribution in [0.4, 0.5) is 0 Å². The average Bonchev–Trinajstić information content (AvgIpc) is 3.04. The zero-order valence-electron chi connectivity index (χ0n) is 11.0. The van der Waals surface area contributed by atoms with E-state index in [2.05, 4.69) is 14.9 Å². The van der Waals surface area contributed by atoms with Gasteiger partial charge >= 0.3 is 0 Å². The summed E-state index contributed by atoms with van der Waals surface area (Å²) in [7, 11) is 0. The second-order valence-electron chi connectivity index (χ2n) is 5.47. The summed E-state index contributed by atoms with van der Waals surface area (Å²) in [6, 6.07) is 0. The van der Waals surface area contributed by atoms with Gasteiger partial charge in [0.15, 0.2) is 0 Å². The molecule has 1 fully saturated rings. The number of fused-ring (bicyclic) bond motifs is 1. The molecule has 1 unspecified atom stereocenters. The quantitative estimate of drug-likeness (QED) is 0.802. The number of hydrogen-bond donors (Lipinski definition) is 1. The summed E-state index contributed by atoms with van der Waals surface area (Å²) in [6.45, 7) is 5.07. The Morgan fingerprint density at radius 2 is 2.33 bits per heavy atom. The van der Waals surface area contributed by atoms with Crippen molar-refractivity contribution in [1.82, 2.24) is 14.9 Å². The van der Waals surface area contributed by atoms with Crippen molar-refractivity contribution in [2.75, 3.05) is 26.3 Å². The summed E-state index contributed by atoms with van der Waals surface area (Å²) < 4.78 is 7.72. The van der Waals surface area contributed by atoms with E-state index in [0.29, 0.717) is 0 Å². The first-order valence-electron chi connectivity index (χ1n) is 7.25. The Kier molecular flexibility index (Phi) is 3.96. The van der Waals surface area contributed by atoms with Crippen LogP contribution in [0.15, 0.2) is 6.33 Å². The minimum Gasteiger partial charge on any atom is -0.381 e. The molecule has 1 N–H and O–H groups in total. The molecule has 0 spiro atoms. The lowest BCUT2D eigenvalue weighted by atomic mass is 10.0. The number of rotatable bonds is 5. The van der Waals surface area contributed by atoms with E-state index in [9.17, 15) is 0 Å². The van der Waals surface area contributed by atoms with Crippen LogP contribution in [0, 0.1) is 5.92 Å². The van der Waals surface area contributed by atoms with E-state index in [1.807, 2.05) is 6.33 Å². The molecule has 1 saturated heterocycles. The van der Waals surface area contributed by atoms with Crippen LogP contribution in [-0.4, -0.2) is 35.9 Å². The Morgan fingerprint density at radius 3 is 3.22 bits per heavy atom. The Bertz CT molecular complexity index is 382. The van der Waals surface area contributed by atoms with Crippen LogP contribution in [0.2, 0.25) is 0 Å². The van der Waals surface area contributed by atoms with Gasteiger partial charge in [-0.2, -0.15) is 0 Å². The SMILES string of the molecule is c1nc2c(n1CCNCC1CCOC1)CCCC2. The molecule has 4 heteroatoms. The maximum Gasteiger partial charge on any atom is 0.0952 e. The van der Waals surface area contributed by atoms with Crippen LogP contribution >= 0.6 is 0 Å². The van der Waals surface area contributed by atoms with Gasteiger partial charge in [-0.3, -0.25) is 0 Å². The largest absolute Gasteiger partial charge is 0.381 e. The molecule has 0 radical (unpaired) electrons. The van der Waals surface area contributed by atoms with Gasteiger partial charge in [0.1, 0.15) is 0 Å². The highest BCUT2D eigenvalue weighted by Crippen LogP contribution is 2.19. The van der Waals surface area contributed by atoms with Crippen molar-refractivity contribution in [2.45, 2.75) is 38.6 Å². The lowest BCUT2D eigenvalue weighted by Crippen LogP contribution is -2.27. The van der Waals surface area contributed by atoms with Gasteiger partial charge in [0.25, 0.3) is 0 Å². The molecule has 0 aromatic carbocycles. The summed E-state index contributed by atoms with van der Waals surface area (Å²) in [6.07, 6.45) is 8.26. The molecule has 0 bridgehead atoms. The fourth-order valence-electron chi connectivity index (χ4n) is 2.97. The molecule has 4 nitrogen and oxygen atoms in total. The summed E-state index contributed by atoms with van der Waals surface area (Å²) in [5.41, 5.74) is 2.82. The topological polar surface area (TPSA) is 39.1 Å². The van der Waals surface area contributed by atoms with Crippen molar-refractivity contribution in [3.63, 3.8) is 0 Å². The lowest BCUT2D eigenvalue weighted by Gasteiger charge is -2.15. The molecule has 3 rings (SSSR count). The number of nitrogens with zero attached hydrogens (tertiary/aromatic N) is 2. The normalized spacial score (nSPS) is 23.2. The predicted molar refractivity (Wildman–Crippen MR) is 70.7 cm³/mol. The molecular formula is C14H23N3O. The van der Waals surface area contributed by atoms with Gasteiger partial charge in [-0.15, -0.1) is 0 Å². The van der Waals surface area contributed by atoms with Crippen LogP contribution in [-0.2, 0) is 24.1 Å². The maximum atomic E-state index is 5.38. The molecule has 2 aliphatic rings. The summed E-state index contributed by atoms with van der Waals surface area (Å²) in [5, 5.41) is 3.54. The number of aryl methyl sites for hydroxylation is 1. The molecule has 2 heterocycles. The van der Waals surface area contributed by atoms with E-state index >= 15 is 0 Å². The maximum absolute atomic E-state index is 5.38. The van der Waals surface area contributed by atoms with E-state index < -0.39 is 0 Å². The number of ether oxygens (including phenoxy) is 1. The third-order valence-electron chi connectivity index (χ3n) is 4.10. The van der Waals surface area contributed by atoms with Crippen molar-refractivity contribution < 1.29 is 4.74 Å². The zero-order valence-corrected chi connectivity index (χ0v) is 11.0. The Balaban J connectivity index is 1.43. The third kappa shape index (κ3) is 2.75. The first-order valence-corrected chi connectivity index (χ1v) is 7.25. The van der Waals surface area contributed by atoms with Crippen LogP contribution in [0.1, 0.15) is 30.7 Å². The molecule has 18 heavy (non-hydrogen) atoms. The van der Waals surface area contributed by atoms with E-state index in [0.717, 1.165) is 38.8 Å². The molecule has 0 amide bonds. The van der Waals surface area contributed by atoms with E-state index in [1.54, 1.807) is 0 Å². The van der Waals surface area contributed by atoms with Crippen LogP contribution in [0.3, 0.4) is 0 Å². The predicted octanol–water partition coefficient (Wildman–Crippen LogP) is 1.39. The molecule has 1 aromatic heterocycles. The fourth-order valence-corrected chi connectivity index (χ4v) is 2.97. The fraction of sp³-hybridized carbons (Fsp3) is 0.786. The Labute approximate surface area is 109 Å². The summed E-state index contributed by atoms with van der Waals surface area (Å²) in [4.78, 5) is 4.53. The summed E-state index contributed by atoms with van der Waals surface area (Å²) in [5.74, 6) is 0.724. The standard InChI is InChI=1S/C14H23N3O/c1-2-4-14-13(3-1)16-11-17(14)7-6-15-9-12-5-8-18-10-12/h11-12,15H,1-10H2. The first-order chi connectivity index (χ1) is 8.93. The highest BCUT2D eigenvalue weighted by molar-refractivity contribution is 5.16. The third-order valence-corrected chi connectivity index (χ3v) is 4.10. The molecule has 1 atom stereocenters. The van der Waals surface area contributed by atoms with Gasteiger partial charge < -0.3 is 14.6 Å². The minimum atomic E-state index is 0.724. The van der Waals surface area contributed by atoms with E-state index in [-0.39, 0.29) is 0 Å². The van der Waals surface area contributed by atoms with Crippen molar-refractivity contribution in [2.24, 2.45) is 5.92 Å². The van der Waals surface area contributed by atoms with Gasteiger partial charge in [-0.1, -0.05) is 0 Å². The van der Waals surface area contributed by atoms with E-state index in [1.165, 1.54) is 43.5 Å². The molecule has 1 aliphatic carbocycles. The van der Waals surface area contributed by atoms with Crippen molar-refractivity contribution in [3.05, 3.63) is 17.7 Å². The lowest BCUT2D eigenvalue weighted by molar-refractivity contribution is 0.185. The zero-order chi connectivity index (χ0) is 12.2. The molecule has 1 aliphatic heterocycles. The van der Waals surface area contributed by atoms with Crippen molar-refractivity contribution in [1.29, 1.82) is 0 Å². The number of imidazole rings is 1. The van der Waals surface area contributed by atoms with Gasteiger partial charge in [0.05, 0.1) is 18.6 Å². The molecule has 1 aromatic rings. The van der Waals surface area contributed by atoms with E-state index in [4.69, 9.17) is 4.74 Å². The monoisotopic (exact) mass is 249 g/mol. The van der Waals surface area contributed by atoms with Crippen molar-refractivity contribution in [3.8, 4) is 0 Å². The van der Waals surface area contributed by atoms with Gasteiger partial charge in [-0.25, -0.2) is 4.98 Å². The number of nitrogens with one attached hydrogen (secondary N) is 1. The second kappa shape index (κ2) is 5.85. The summed E-state index contributed by atoms with van der Waals surface area (Å²) >= 11 is 0. The van der Waals surface area contributed by atoms with Gasteiger partial charge in [0.2, 0.25) is 0 Å². The molecule has 100 valence electrons. The van der Waals surface area contributed by atoms with Crippen molar-refractivity contribution >= 4 is 0 Å². The average molecular weight is 249 g/mol. The number of hydrogen-bond acceptors (Lipinski definition) is 3. The molecular weight excluding hydrogens is 226 g/mol. The van der Waals surface area contributed by atoms with Crippen LogP contribution < -0.4 is 5.32 Å². The van der Waals surface area contributed by atoms with Gasteiger partial charge in [-0.05, 0) is 38.0 Å². The smallest absolute Gasteiger partial charge is 0.0952 e. The Morgan fingerprint density at radius 1 is 1.39 bits per heavy atom. The first kappa shape index (κ1) is 12.2. The highest BCUT2D eigenvalue weighted by atomic mass is 16.5. The number of aromatic nitrogens is 2. The Hall–Kier alpha value is -0.870. The van der Waals surface area contributed by atoms with Crippen LogP contribution in [0.25, 0.3) is 0 Å². The van der Waals surface area contributed by atoms with Gasteiger partial charge in [0, 0.05) is 31.9 Å². The van der Waals surface area contributed by atoms with Crippen LogP contribution in [0.5, 0.6) is 0 Å². The highest BCUT2D eigenvalue weighted by Gasteiger charge is 2.16. The molecule has 0 saturated carbocycles. The second-order valence-corrected chi connectivity index (χ2v) is 5.47. The minimum absolute atomic E-state index is 0.724.